The number of aliphatic hydroxyl groups is 1. The second-order valence-corrected chi connectivity index (χ2v) is 6.55. The molecule has 0 bridgehead atoms. The Morgan fingerprint density at radius 3 is 0.955 bits per heavy atom. The maximum atomic E-state index is 8.17. The van der Waals surface area contributed by atoms with Crippen LogP contribution in [-0.2, 0) is 0 Å². The first kappa shape index (κ1) is 33.1. The summed E-state index contributed by atoms with van der Waals surface area (Å²) in [5.74, 6) is 2.13. The van der Waals surface area contributed by atoms with E-state index in [9.17, 15) is 0 Å². The van der Waals surface area contributed by atoms with Crippen LogP contribution in [0.4, 0.5) is 0 Å². The molecule has 1 N–H and O–H groups in total. The van der Waals surface area contributed by atoms with Crippen molar-refractivity contribution in [2.75, 3.05) is 0 Å². The fraction of sp³-hybridized carbons (Fsp3) is 0.810. The Hall–Kier alpha value is -0.560. The normalized spacial score (nSPS) is 17.1. The standard InChI is InChI=1S/C7H14.C4H8.C3H6O.2C2H4.3CH4/c1-7(2,3)6-4-5-6;1-4-2-3-4;4-3-1-2-3;2*1-2;;;/h6H,4-5H2,1-3H3;4H,2-3H2,1H3;3-4H,1-2H2;2*1-2H2;3*1H4. The molecule has 0 unspecified atom stereocenters. The molecule has 138 valence electrons. The lowest BCUT2D eigenvalue weighted by Crippen LogP contribution is -2.06. The van der Waals surface area contributed by atoms with Crippen LogP contribution < -0.4 is 0 Å². The molecule has 1 heteroatoms. The van der Waals surface area contributed by atoms with E-state index in [-0.39, 0.29) is 28.4 Å². The van der Waals surface area contributed by atoms with Crippen molar-refractivity contribution < 1.29 is 5.11 Å². The second-order valence-electron chi connectivity index (χ2n) is 6.55. The highest BCUT2D eigenvalue weighted by Crippen LogP contribution is 2.44. The Balaban J connectivity index is -0.0000000573. The van der Waals surface area contributed by atoms with Gasteiger partial charge < -0.3 is 5.11 Å². The predicted molar refractivity (Wildman–Crippen MR) is 109 cm³/mol. The minimum absolute atomic E-state index is 0. The van der Waals surface area contributed by atoms with Crippen molar-refractivity contribution >= 4 is 0 Å². The minimum atomic E-state index is 0. The van der Waals surface area contributed by atoms with Gasteiger partial charge in [-0.3, -0.25) is 0 Å². The summed E-state index contributed by atoms with van der Waals surface area (Å²) in [6, 6.07) is 0. The quantitative estimate of drug-likeness (QED) is 0.458. The maximum absolute atomic E-state index is 8.17. The Labute approximate surface area is 143 Å². The Bertz CT molecular complexity index is 180. The molecule has 0 amide bonds. The van der Waals surface area contributed by atoms with Gasteiger partial charge >= 0.3 is 0 Å². The van der Waals surface area contributed by atoms with Crippen molar-refractivity contribution in [2.24, 2.45) is 17.3 Å². The topological polar surface area (TPSA) is 20.2 Å². The minimum Gasteiger partial charge on any atom is -0.393 e. The van der Waals surface area contributed by atoms with Gasteiger partial charge in [-0.1, -0.05) is 62.8 Å². The van der Waals surface area contributed by atoms with Gasteiger partial charge in [0.15, 0.2) is 0 Å². The van der Waals surface area contributed by atoms with E-state index in [1.807, 2.05) is 0 Å². The summed E-state index contributed by atoms with van der Waals surface area (Å²) in [4.78, 5) is 0. The molecule has 0 spiro atoms. The van der Waals surface area contributed by atoms with Crippen molar-refractivity contribution in [3.8, 4) is 0 Å². The average molecular weight is 317 g/mol. The van der Waals surface area contributed by atoms with E-state index in [1.165, 1.54) is 25.7 Å². The van der Waals surface area contributed by atoms with Gasteiger partial charge in [0.1, 0.15) is 0 Å². The summed E-state index contributed by atoms with van der Waals surface area (Å²) in [6.07, 6.45) is 8.09. The molecule has 1 nitrogen and oxygen atoms in total. The van der Waals surface area contributed by atoms with Gasteiger partial charge in [0.25, 0.3) is 0 Å². The Kier molecular flexibility index (Phi) is 27.9. The number of hydrogen-bond donors (Lipinski definition) is 1. The fourth-order valence-corrected chi connectivity index (χ4v) is 1.19. The van der Waals surface area contributed by atoms with Crippen LogP contribution in [0.3, 0.4) is 0 Å². The first-order valence-electron chi connectivity index (χ1n) is 7.57. The SMILES string of the molecule is C.C.C.C=C.C=C.CC(C)(C)C1CC1.CC1CC1.OC1CC1. The molecule has 0 heterocycles. The lowest BCUT2D eigenvalue weighted by molar-refractivity contribution is 0.279. The zero-order valence-electron chi connectivity index (χ0n) is 13.8. The molecule has 0 saturated heterocycles. The highest BCUT2D eigenvalue weighted by atomic mass is 16.3. The molecule has 0 aromatic heterocycles. The van der Waals surface area contributed by atoms with Gasteiger partial charge in [-0.05, 0) is 42.9 Å². The van der Waals surface area contributed by atoms with Crippen molar-refractivity contribution in [3.05, 3.63) is 26.3 Å². The van der Waals surface area contributed by atoms with Gasteiger partial charge in [0.05, 0.1) is 6.10 Å². The third-order valence-electron chi connectivity index (χ3n) is 3.21. The van der Waals surface area contributed by atoms with E-state index in [2.05, 4.69) is 54.0 Å². The Morgan fingerprint density at radius 2 is 0.955 bits per heavy atom. The van der Waals surface area contributed by atoms with Gasteiger partial charge in [0, 0.05) is 0 Å². The average Bonchev–Trinajstić information content (AvgIpc) is 3.16. The van der Waals surface area contributed by atoms with Crippen LogP contribution in [-0.4, -0.2) is 11.2 Å². The fourth-order valence-electron chi connectivity index (χ4n) is 1.19. The number of aliphatic hydroxyl groups excluding tert-OH is 1. The van der Waals surface area contributed by atoms with E-state index in [0.717, 1.165) is 24.7 Å². The summed E-state index contributed by atoms with van der Waals surface area (Å²) in [6.45, 7) is 21.2. The van der Waals surface area contributed by atoms with Crippen molar-refractivity contribution in [3.63, 3.8) is 0 Å². The van der Waals surface area contributed by atoms with Gasteiger partial charge in [-0.15, -0.1) is 26.3 Å². The molecule has 22 heavy (non-hydrogen) atoms. The number of hydrogen-bond acceptors (Lipinski definition) is 1. The molecule has 3 fully saturated rings. The first-order chi connectivity index (χ1) is 8.89. The zero-order chi connectivity index (χ0) is 15.5. The Morgan fingerprint density at radius 1 is 0.727 bits per heavy atom. The molecular formula is C21H48O. The largest absolute Gasteiger partial charge is 0.393 e. The molecule has 0 radical (unpaired) electrons. The van der Waals surface area contributed by atoms with E-state index in [1.54, 1.807) is 0 Å². The third-order valence-corrected chi connectivity index (χ3v) is 3.21. The lowest BCUT2D eigenvalue weighted by Gasteiger charge is -2.15. The van der Waals surface area contributed by atoms with Crippen LogP contribution in [0.25, 0.3) is 0 Å². The van der Waals surface area contributed by atoms with Crippen LogP contribution in [0.1, 0.15) is 88.5 Å². The van der Waals surface area contributed by atoms with E-state index in [4.69, 9.17) is 5.11 Å². The molecule has 0 aromatic carbocycles. The highest BCUT2D eigenvalue weighted by Gasteiger charge is 2.33. The predicted octanol–water partition coefficient (Wildman–Crippen LogP) is 7.51. The van der Waals surface area contributed by atoms with Crippen LogP contribution in [0.2, 0.25) is 0 Å². The van der Waals surface area contributed by atoms with Crippen LogP contribution in [0.15, 0.2) is 26.3 Å². The van der Waals surface area contributed by atoms with Crippen molar-refractivity contribution in [2.45, 2.75) is 94.6 Å². The monoisotopic (exact) mass is 316 g/mol. The van der Waals surface area contributed by atoms with Crippen LogP contribution in [0, 0.1) is 17.3 Å². The molecule has 3 aliphatic carbocycles. The van der Waals surface area contributed by atoms with Crippen molar-refractivity contribution in [1.82, 2.24) is 0 Å². The summed E-state index contributed by atoms with van der Waals surface area (Å²) in [5.41, 5.74) is 0.611. The smallest absolute Gasteiger partial charge is 0.0542 e. The molecule has 0 atom stereocenters. The second kappa shape index (κ2) is 18.5. The molecule has 0 aromatic rings. The molecule has 3 saturated carbocycles. The molecular weight excluding hydrogens is 268 g/mol. The van der Waals surface area contributed by atoms with Crippen molar-refractivity contribution in [1.29, 1.82) is 0 Å². The summed E-state index contributed by atoms with van der Waals surface area (Å²) < 4.78 is 0. The summed E-state index contributed by atoms with van der Waals surface area (Å²) in [7, 11) is 0. The summed E-state index contributed by atoms with van der Waals surface area (Å²) >= 11 is 0. The van der Waals surface area contributed by atoms with Gasteiger partial charge in [-0.2, -0.15) is 0 Å². The molecule has 3 aliphatic rings. The number of rotatable bonds is 0. The van der Waals surface area contributed by atoms with E-state index in [0.29, 0.717) is 5.41 Å². The van der Waals surface area contributed by atoms with E-state index >= 15 is 0 Å². The van der Waals surface area contributed by atoms with Gasteiger partial charge in [0.2, 0.25) is 0 Å². The first-order valence-corrected chi connectivity index (χ1v) is 7.57. The maximum Gasteiger partial charge on any atom is 0.0542 e. The lowest BCUT2D eigenvalue weighted by atomic mass is 9.91. The van der Waals surface area contributed by atoms with Crippen LogP contribution in [0.5, 0.6) is 0 Å². The third kappa shape index (κ3) is 31.7. The highest BCUT2D eigenvalue weighted by molar-refractivity contribution is 4.84. The molecule has 0 aliphatic heterocycles. The van der Waals surface area contributed by atoms with Crippen LogP contribution >= 0.6 is 0 Å². The molecule has 3 rings (SSSR count). The summed E-state index contributed by atoms with van der Waals surface area (Å²) in [5, 5.41) is 8.17. The zero-order valence-corrected chi connectivity index (χ0v) is 13.8. The van der Waals surface area contributed by atoms with E-state index < -0.39 is 0 Å². The van der Waals surface area contributed by atoms with Gasteiger partial charge in [-0.25, -0.2) is 0 Å².